The Balaban J connectivity index is 1.86. The van der Waals surface area contributed by atoms with Crippen molar-refractivity contribution < 1.29 is 4.79 Å². The average Bonchev–Trinajstić information content (AvgIpc) is 2.82. The topological polar surface area (TPSA) is 72.1 Å². The van der Waals surface area contributed by atoms with Gasteiger partial charge in [-0.2, -0.15) is 0 Å². The molecule has 0 radical (unpaired) electrons. The summed E-state index contributed by atoms with van der Waals surface area (Å²) in [4.78, 5) is 21.9. The number of anilines is 1. The molecule has 2 aliphatic rings. The second-order valence-corrected chi connectivity index (χ2v) is 5.22. The van der Waals surface area contributed by atoms with Gasteiger partial charge in [-0.05, 0) is 25.2 Å². The molecular weight excluding hydrogens is 228 g/mol. The summed E-state index contributed by atoms with van der Waals surface area (Å²) in [6, 6.07) is 0.580. The van der Waals surface area contributed by atoms with Gasteiger partial charge < -0.3 is 10.6 Å². The van der Waals surface area contributed by atoms with Crippen LogP contribution in [-0.2, 0) is 0 Å². The standard InChI is InChI=1S/C13H18N4O/c14-13(18)10-7-15-8-12(16-10)17-6-5-9-3-1-2-4-11(9)17/h7-9,11H,1-6H2,(H2,14,18). The van der Waals surface area contributed by atoms with Crippen LogP contribution in [0.4, 0.5) is 5.82 Å². The van der Waals surface area contributed by atoms with E-state index in [2.05, 4.69) is 14.9 Å². The van der Waals surface area contributed by atoms with Crippen LogP contribution in [-0.4, -0.2) is 28.5 Å². The molecule has 2 atom stereocenters. The van der Waals surface area contributed by atoms with Gasteiger partial charge in [-0.3, -0.25) is 9.78 Å². The number of rotatable bonds is 2. The molecule has 5 heteroatoms. The van der Waals surface area contributed by atoms with Crippen molar-refractivity contribution in [1.29, 1.82) is 0 Å². The third-order valence-corrected chi connectivity index (χ3v) is 4.18. The van der Waals surface area contributed by atoms with E-state index in [1.54, 1.807) is 6.20 Å². The Labute approximate surface area is 106 Å². The van der Waals surface area contributed by atoms with Gasteiger partial charge in [-0.1, -0.05) is 12.8 Å². The van der Waals surface area contributed by atoms with Crippen LogP contribution in [0, 0.1) is 5.92 Å². The first-order valence-corrected chi connectivity index (χ1v) is 6.64. The minimum absolute atomic E-state index is 0.256. The van der Waals surface area contributed by atoms with Crippen molar-refractivity contribution in [3.05, 3.63) is 18.1 Å². The molecule has 1 aliphatic carbocycles. The van der Waals surface area contributed by atoms with Crippen LogP contribution in [0.3, 0.4) is 0 Å². The van der Waals surface area contributed by atoms with Gasteiger partial charge in [0, 0.05) is 12.6 Å². The summed E-state index contributed by atoms with van der Waals surface area (Å²) in [5.74, 6) is 1.09. The quantitative estimate of drug-likeness (QED) is 0.854. The Kier molecular flexibility index (Phi) is 2.89. The van der Waals surface area contributed by atoms with Crippen molar-refractivity contribution in [3.8, 4) is 0 Å². The molecule has 18 heavy (non-hydrogen) atoms. The van der Waals surface area contributed by atoms with E-state index in [0.29, 0.717) is 6.04 Å². The maximum atomic E-state index is 11.2. The third-order valence-electron chi connectivity index (χ3n) is 4.18. The molecule has 2 heterocycles. The summed E-state index contributed by atoms with van der Waals surface area (Å²) < 4.78 is 0. The Hall–Kier alpha value is -1.65. The molecule has 1 aliphatic heterocycles. The number of hydrogen-bond acceptors (Lipinski definition) is 4. The number of nitrogens with two attached hydrogens (primary N) is 1. The monoisotopic (exact) mass is 246 g/mol. The van der Waals surface area contributed by atoms with E-state index in [1.807, 2.05) is 0 Å². The van der Waals surface area contributed by atoms with Gasteiger partial charge in [0.2, 0.25) is 0 Å². The number of hydrogen-bond donors (Lipinski definition) is 1. The van der Waals surface area contributed by atoms with Crippen LogP contribution in [0.15, 0.2) is 12.4 Å². The lowest BCUT2D eigenvalue weighted by atomic mass is 9.85. The van der Waals surface area contributed by atoms with Crippen LogP contribution in [0.2, 0.25) is 0 Å². The highest BCUT2D eigenvalue weighted by Gasteiger charge is 2.36. The van der Waals surface area contributed by atoms with Gasteiger partial charge in [0.1, 0.15) is 11.5 Å². The van der Waals surface area contributed by atoms with Gasteiger partial charge in [-0.15, -0.1) is 0 Å². The summed E-state index contributed by atoms with van der Waals surface area (Å²) in [5, 5.41) is 0. The maximum Gasteiger partial charge on any atom is 0.268 e. The molecule has 5 nitrogen and oxygen atoms in total. The van der Waals surface area contributed by atoms with E-state index in [4.69, 9.17) is 5.73 Å². The number of primary amides is 1. The molecule has 2 fully saturated rings. The molecule has 3 rings (SSSR count). The maximum absolute atomic E-state index is 11.2. The van der Waals surface area contributed by atoms with Crippen LogP contribution in [0.1, 0.15) is 42.6 Å². The van der Waals surface area contributed by atoms with Gasteiger partial charge in [0.05, 0.1) is 12.4 Å². The van der Waals surface area contributed by atoms with E-state index in [1.165, 1.54) is 38.3 Å². The Bertz CT molecular complexity index is 462. The summed E-state index contributed by atoms with van der Waals surface area (Å²) in [5.41, 5.74) is 5.51. The highest BCUT2D eigenvalue weighted by Crippen LogP contribution is 2.37. The van der Waals surface area contributed by atoms with E-state index in [0.717, 1.165) is 18.3 Å². The molecule has 2 N–H and O–H groups in total. The van der Waals surface area contributed by atoms with E-state index >= 15 is 0 Å². The first-order chi connectivity index (χ1) is 8.75. The second-order valence-electron chi connectivity index (χ2n) is 5.22. The zero-order chi connectivity index (χ0) is 12.5. The first kappa shape index (κ1) is 11.4. The fraction of sp³-hybridized carbons (Fsp3) is 0.615. The lowest BCUT2D eigenvalue weighted by Gasteiger charge is -2.32. The number of carbonyl (C=O) groups excluding carboxylic acids is 1. The summed E-state index contributed by atoms with van der Waals surface area (Å²) in [6.07, 6.45) is 9.59. The van der Waals surface area contributed by atoms with E-state index in [9.17, 15) is 4.79 Å². The van der Waals surface area contributed by atoms with Crippen molar-refractivity contribution in [3.63, 3.8) is 0 Å². The fourth-order valence-electron chi connectivity index (χ4n) is 3.30. The minimum atomic E-state index is -0.510. The highest BCUT2D eigenvalue weighted by atomic mass is 16.1. The minimum Gasteiger partial charge on any atom is -0.364 e. The summed E-state index contributed by atoms with van der Waals surface area (Å²) >= 11 is 0. The van der Waals surface area contributed by atoms with Gasteiger partial charge >= 0.3 is 0 Å². The molecule has 1 aromatic rings. The SMILES string of the molecule is NC(=O)c1cncc(N2CCC3CCCCC32)n1. The van der Waals surface area contributed by atoms with Gasteiger partial charge in [0.15, 0.2) is 0 Å². The zero-order valence-electron chi connectivity index (χ0n) is 10.4. The molecular formula is C13H18N4O. The normalized spacial score (nSPS) is 27.0. The summed E-state index contributed by atoms with van der Waals surface area (Å²) in [7, 11) is 0. The number of fused-ring (bicyclic) bond motifs is 1. The van der Waals surface area contributed by atoms with Crippen LogP contribution in [0.5, 0.6) is 0 Å². The zero-order valence-corrected chi connectivity index (χ0v) is 10.4. The Morgan fingerprint density at radius 3 is 2.94 bits per heavy atom. The molecule has 96 valence electrons. The fourth-order valence-corrected chi connectivity index (χ4v) is 3.30. The first-order valence-electron chi connectivity index (χ1n) is 6.64. The third kappa shape index (κ3) is 1.94. The van der Waals surface area contributed by atoms with Crippen LogP contribution >= 0.6 is 0 Å². The molecule has 0 spiro atoms. The average molecular weight is 246 g/mol. The van der Waals surface area contributed by atoms with Crippen molar-refractivity contribution >= 4 is 11.7 Å². The number of carbonyl (C=O) groups is 1. The predicted octanol–water partition coefficient (Wildman–Crippen LogP) is 1.34. The van der Waals surface area contributed by atoms with Crippen LogP contribution in [0.25, 0.3) is 0 Å². The second kappa shape index (κ2) is 4.55. The van der Waals surface area contributed by atoms with Crippen molar-refractivity contribution in [2.24, 2.45) is 11.7 Å². The Morgan fingerprint density at radius 2 is 2.11 bits per heavy atom. The van der Waals surface area contributed by atoms with Crippen molar-refractivity contribution in [2.45, 2.75) is 38.1 Å². The highest BCUT2D eigenvalue weighted by molar-refractivity contribution is 5.90. The van der Waals surface area contributed by atoms with Crippen molar-refractivity contribution in [2.75, 3.05) is 11.4 Å². The number of amides is 1. The Morgan fingerprint density at radius 1 is 1.28 bits per heavy atom. The van der Waals surface area contributed by atoms with Crippen molar-refractivity contribution in [1.82, 2.24) is 9.97 Å². The molecule has 0 aromatic carbocycles. The lowest BCUT2D eigenvalue weighted by molar-refractivity contribution is 0.0995. The van der Waals surface area contributed by atoms with Gasteiger partial charge in [-0.25, -0.2) is 4.98 Å². The number of aromatic nitrogens is 2. The molecule has 0 bridgehead atoms. The van der Waals surface area contributed by atoms with E-state index in [-0.39, 0.29) is 5.69 Å². The van der Waals surface area contributed by atoms with Crippen LogP contribution < -0.4 is 10.6 Å². The molecule has 2 unspecified atom stereocenters. The lowest BCUT2D eigenvalue weighted by Crippen LogP contribution is -2.35. The molecule has 1 amide bonds. The largest absolute Gasteiger partial charge is 0.364 e. The molecule has 1 aromatic heterocycles. The molecule has 1 saturated heterocycles. The van der Waals surface area contributed by atoms with Gasteiger partial charge in [0.25, 0.3) is 5.91 Å². The van der Waals surface area contributed by atoms with E-state index < -0.39 is 5.91 Å². The molecule has 1 saturated carbocycles. The smallest absolute Gasteiger partial charge is 0.268 e. The number of nitrogens with zero attached hydrogens (tertiary/aromatic N) is 3. The summed E-state index contributed by atoms with van der Waals surface area (Å²) in [6.45, 7) is 1.02. The predicted molar refractivity (Wildman–Crippen MR) is 68.3 cm³/mol.